The molecule has 1 saturated carbocycles. The lowest BCUT2D eigenvalue weighted by atomic mass is 9.96. The average Bonchev–Trinajstić information content (AvgIpc) is 3.56. The number of amides is 1. The van der Waals surface area contributed by atoms with Crippen LogP contribution in [0.3, 0.4) is 0 Å². The zero-order valence-corrected chi connectivity index (χ0v) is 23.5. The van der Waals surface area contributed by atoms with E-state index in [1.165, 1.54) is 30.2 Å². The molecule has 10 heteroatoms. The minimum Gasteiger partial charge on any atom is -0.475 e. The first-order valence-electron chi connectivity index (χ1n) is 14.7. The lowest BCUT2D eigenvalue weighted by molar-refractivity contribution is -0.129. The number of carbonyl (C=O) groups excluding carboxylic acids is 1. The topological polar surface area (TPSA) is 113 Å². The Hall–Kier alpha value is -4.10. The average molecular weight is 553 g/mol. The Balaban J connectivity index is 1.23. The van der Waals surface area contributed by atoms with E-state index in [9.17, 15) is 10.1 Å². The van der Waals surface area contributed by atoms with Crippen LogP contribution in [0.4, 0.5) is 11.4 Å². The van der Waals surface area contributed by atoms with Crippen LogP contribution in [-0.2, 0) is 17.8 Å². The molecule has 3 fully saturated rings. The predicted molar refractivity (Wildman–Crippen MR) is 157 cm³/mol. The van der Waals surface area contributed by atoms with Crippen molar-refractivity contribution in [2.24, 2.45) is 0 Å². The molecule has 1 atom stereocenters. The van der Waals surface area contributed by atoms with Crippen LogP contribution in [0.25, 0.3) is 10.9 Å². The van der Waals surface area contributed by atoms with Crippen molar-refractivity contribution in [3.63, 3.8) is 0 Å². The van der Waals surface area contributed by atoms with Crippen LogP contribution in [-0.4, -0.2) is 82.8 Å². The van der Waals surface area contributed by atoms with Crippen LogP contribution in [0.2, 0.25) is 0 Å². The third kappa shape index (κ3) is 4.68. The lowest BCUT2D eigenvalue weighted by Gasteiger charge is -2.41. The SMILES string of the molecule is C=CC(=O)N1CC(Nc2c(C#N)c(OC[C@@H]3CCCN3C)nc3c2CCN(c2c(C4CC4)ccc4[nH]ncc24)C3)C1. The molecule has 2 N–H and O–H groups in total. The van der Waals surface area contributed by atoms with Gasteiger partial charge in [0.25, 0.3) is 0 Å². The second kappa shape index (κ2) is 10.4. The van der Waals surface area contributed by atoms with E-state index < -0.39 is 0 Å². The number of rotatable bonds is 8. The summed E-state index contributed by atoms with van der Waals surface area (Å²) in [6, 6.07) is 7.18. The highest BCUT2D eigenvalue weighted by Crippen LogP contribution is 2.48. The maximum atomic E-state index is 12.0. The number of benzene rings is 1. The van der Waals surface area contributed by atoms with Crippen molar-refractivity contribution in [3.05, 3.63) is 53.4 Å². The van der Waals surface area contributed by atoms with Crippen molar-refractivity contribution in [2.45, 2.75) is 56.7 Å². The van der Waals surface area contributed by atoms with Crippen molar-refractivity contribution in [1.29, 1.82) is 5.26 Å². The molecular weight excluding hydrogens is 516 g/mol. The van der Waals surface area contributed by atoms with Gasteiger partial charge in [-0.2, -0.15) is 10.4 Å². The molecule has 5 heterocycles. The normalized spacial score (nSPS) is 20.9. The molecule has 1 aromatic carbocycles. The molecule has 7 rings (SSSR count). The Kier molecular flexibility index (Phi) is 6.54. The van der Waals surface area contributed by atoms with Crippen LogP contribution >= 0.6 is 0 Å². The molecule has 2 saturated heterocycles. The fourth-order valence-electron chi connectivity index (χ4n) is 6.66. The van der Waals surface area contributed by atoms with E-state index in [0.717, 1.165) is 60.2 Å². The summed E-state index contributed by atoms with van der Waals surface area (Å²) in [5.74, 6) is 0.928. The highest BCUT2D eigenvalue weighted by atomic mass is 16.5. The van der Waals surface area contributed by atoms with E-state index in [1.54, 1.807) is 4.90 Å². The minimum atomic E-state index is -0.0689. The number of likely N-dealkylation sites (tertiary alicyclic amines) is 2. The van der Waals surface area contributed by atoms with E-state index in [0.29, 0.717) is 49.6 Å². The number of carbonyl (C=O) groups is 1. The van der Waals surface area contributed by atoms with E-state index in [-0.39, 0.29) is 11.9 Å². The molecule has 0 unspecified atom stereocenters. The number of ether oxygens (including phenoxy) is 1. The summed E-state index contributed by atoms with van der Waals surface area (Å²) >= 11 is 0. The Morgan fingerprint density at radius 2 is 2.15 bits per heavy atom. The molecule has 41 heavy (non-hydrogen) atoms. The number of aromatic nitrogens is 3. The van der Waals surface area contributed by atoms with Gasteiger partial charge in [0.1, 0.15) is 18.2 Å². The van der Waals surface area contributed by atoms with Gasteiger partial charge in [0.15, 0.2) is 0 Å². The zero-order valence-electron chi connectivity index (χ0n) is 23.5. The fourth-order valence-corrected chi connectivity index (χ4v) is 6.66. The number of hydrogen-bond acceptors (Lipinski definition) is 8. The molecule has 2 aromatic heterocycles. The summed E-state index contributed by atoms with van der Waals surface area (Å²) in [4.78, 5) is 23.6. The van der Waals surface area contributed by atoms with Crippen LogP contribution in [0.15, 0.2) is 31.0 Å². The van der Waals surface area contributed by atoms with Crippen molar-refractivity contribution in [2.75, 3.05) is 50.1 Å². The molecular formula is C31H36N8O2. The fraction of sp³-hybridized carbons (Fsp3) is 0.484. The second-order valence-electron chi connectivity index (χ2n) is 11.9. The third-order valence-electron chi connectivity index (χ3n) is 9.20. The molecule has 3 aliphatic heterocycles. The molecule has 1 aliphatic carbocycles. The number of aromatic amines is 1. The van der Waals surface area contributed by atoms with Gasteiger partial charge in [-0.1, -0.05) is 12.6 Å². The van der Waals surface area contributed by atoms with Gasteiger partial charge in [0.2, 0.25) is 11.8 Å². The predicted octanol–water partition coefficient (Wildman–Crippen LogP) is 3.55. The van der Waals surface area contributed by atoms with Gasteiger partial charge < -0.3 is 24.8 Å². The molecule has 0 bridgehead atoms. The van der Waals surface area contributed by atoms with Gasteiger partial charge in [-0.25, -0.2) is 4.98 Å². The van der Waals surface area contributed by atoms with E-state index in [1.807, 2.05) is 6.20 Å². The summed E-state index contributed by atoms with van der Waals surface area (Å²) in [6.07, 6.45) is 8.71. The number of pyridine rings is 1. The number of likely N-dealkylation sites (N-methyl/N-ethyl adjacent to an activating group) is 1. The maximum absolute atomic E-state index is 12.0. The summed E-state index contributed by atoms with van der Waals surface area (Å²) in [7, 11) is 2.12. The molecule has 0 radical (unpaired) electrons. The summed E-state index contributed by atoms with van der Waals surface area (Å²) in [5, 5.41) is 22.6. The number of nitrogens with one attached hydrogen (secondary N) is 2. The Morgan fingerprint density at radius 1 is 1.29 bits per heavy atom. The molecule has 4 aliphatic rings. The van der Waals surface area contributed by atoms with Gasteiger partial charge in [-0.15, -0.1) is 0 Å². The first-order chi connectivity index (χ1) is 20.0. The smallest absolute Gasteiger partial charge is 0.246 e. The molecule has 0 spiro atoms. The molecule has 1 amide bonds. The molecule has 10 nitrogen and oxygen atoms in total. The van der Waals surface area contributed by atoms with E-state index in [2.05, 4.69) is 57.1 Å². The number of nitrogens with zero attached hydrogens (tertiary/aromatic N) is 6. The van der Waals surface area contributed by atoms with Crippen molar-refractivity contribution in [1.82, 2.24) is 25.0 Å². The second-order valence-corrected chi connectivity index (χ2v) is 11.9. The maximum Gasteiger partial charge on any atom is 0.246 e. The standard InChI is InChI=1S/C31H36N8O2/c1-3-28(40)39-15-20(16-39)34-29-23-10-12-38(30-22(19-6-7-19)8-9-26-25(30)14-33-36-26)17-27(23)35-31(24(29)13-32)41-18-21-5-4-11-37(21)2/h3,8-9,14,19-21H,1,4-7,10-12,15-18H2,2H3,(H,33,36)(H,34,35)/t21-/m0/s1. The number of anilines is 2. The third-order valence-corrected chi connectivity index (χ3v) is 9.20. The van der Waals surface area contributed by atoms with Crippen LogP contribution in [0.1, 0.15) is 54.0 Å². The monoisotopic (exact) mass is 552 g/mol. The van der Waals surface area contributed by atoms with E-state index >= 15 is 0 Å². The largest absolute Gasteiger partial charge is 0.475 e. The number of H-pyrrole nitrogens is 1. The quantitative estimate of drug-likeness (QED) is 0.408. The van der Waals surface area contributed by atoms with Crippen LogP contribution in [0, 0.1) is 11.3 Å². The van der Waals surface area contributed by atoms with E-state index in [4.69, 9.17) is 9.72 Å². The number of nitriles is 1. The van der Waals surface area contributed by atoms with Crippen LogP contribution in [0.5, 0.6) is 5.88 Å². The highest BCUT2D eigenvalue weighted by molar-refractivity contribution is 5.94. The first-order valence-corrected chi connectivity index (χ1v) is 14.7. The zero-order chi connectivity index (χ0) is 28.1. The van der Waals surface area contributed by atoms with Crippen LogP contribution < -0.4 is 15.0 Å². The molecule has 3 aromatic rings. The van der Waals surface area contributed by atoms with Crippen molar-refractivity contribution < 1.29 is 9.53 Å². The number of hydrogen-bond donors (Lipinski definition) is 2. The van der Waals surface area contributed by atoms with Gasteiger partial charge in [0, 0.05) is 36.6 Å². The minimum absolute atomic E-state index is 0.0606. The lowest BCUT2D eigenvalue weighted by Crippen LogP contribution is -2.56. The summed E-state index contributed by atoms with van der Waals surface area (Å²) < 4.78 is 6.34. The Bertz CT molecular complexity index is 1550. The highest BCUT2D eigenvalue weighted by Gasteiger charge is 2.35. The Labute approximate surface area is 240 Å². The van der Waals surface area contributed by atoms with Gasteiger partial charge in [-0.3, -0.25) is 9.89 Å². The van der Waals surface area contributed by atoms with Crippen molar-refractivity contribution in [3.8, 4) is 11.9 Å². The summed E-state index contributed by atoms with van der Waals surface area (Å²) in [6.45, 7) is 7.77. The molecule has 212 valence electrons. The van der Waals surface area contributed by atoms with Gasteiger partial charge in [0.05, 0.1) is 41.4 Å². The van der Waals surface area contributed by atoms with Gasteiger partial charge >= 0.3 is 0 Å². The first kappa shape index (κ1) is 25.8. The Morgan fingerprint density at radius 3 is 2.88 bits per heavy atom. The van der Waals surface area contributed by atoms with Gasteiger partial charge in [-0.05, 0) is 69.3 Å². The number of fused-ring (bicyclic) bond motifs is 2. The van der Waals surface area contributed by atoms with Crippen molar-refractivity contribution >= 4 is 28.2 Å². The summed E-state index contributed by atoms with van der Waals surface area (Å²) in [5.41, 5.74) is 6.96.